The van der Waals surface area contributed by atoms with Crippen molar-refractivity contribution in [3.63, 3.8) is 0 Å². The van der Waals surface area contributed by atoms with E-state index in [1.54, 1.807) is 0 Å². The van der Waals surface area contributed by atoms with Crippen molar-refractivity contribution in [3.8, 4) is 0 Å². The normalized spacial score (nSPS) is 19.4. The van der Waals surface area contributed by atoms with E-state index in [0.717, 1.165) is 49.3 Å². The number of aryl methyl sites for hydroxylation is 1. The van der Waals surface area contributed by atoms with Gasteiger partial charge in [-0.25, -0.2) is 0 Å². The van der Waals surface area contributed by atoms with E-state index < -0.39 is 0 Å². The summed E-state index contributed by atoms with van der Waals surface area (Å²) in [6.07, 6.45) is 2.82. The van der Waals surface area contributed by atoms with Crippen LogP contribution in [0, 0.1) is 12.8 Å². The minimum absolute atomic E-state index is 0.0103. The highest BCUT2D eigenvalue weighted by atomic mass is 32.1. The van der Waals surface area contributed by atoms with Crippen LogP contribution in [0.3, 0.4) is 0 Å². The molecule has 21 heavy (non-hydrogen) atoms. The highest BCUT2D eigenvalue weighted by Gasteiger charge is 2.23. The minimum Gasteiger partial charge on any atom is -0.369 e. The molecule has 1 fully saturated rings. The molecule has 1 aliphatic rings. The fourth-order valence-electron chi connectivity index (χ4n) is 2.68. The van der Waals surface area contributed by atoms with E-state index in [1.165, 1.54) is 11.3 Å². The molecule has 0 saturated carbocycles. The zero-order chi connectivity index (χ0) is 15.2. The Labute approximate surface area is 129 Å². The van der Waals surface area contributed by atoms with Gasteiger partial charge < -0.3 is 16.0 Å². The number of piperidine rings is 1. The van der Waals surface area contributed by atoms with Gasteiger partial charge in [0.25, 0.3) is 5.91 Å². The van der Waals surface area contributed by atoms with Gasteiger partial charge in [0.15, 0.2) is 0 Å². The highest BCUT2D eigenvalue weighted by Crippen LogP contribution is 2.16. The quantitative estimate of drug-likeness (QED) is 0.779. The number of primary amides is 1. The summed E-state index contributed by atoms with van der Waals surface area (Å²) < 4.78 is 0. The number of carbonyl (C=O) groups excluding carboxylic acids is 2. The van der Waals surface area contributed by atoms with Gasteiger partial charge in [-0.3, -0.25) is 9.59 Å². The summed E-state index contributed by atoms with van der Waals surface area (Å²) in [7, 11) is 0. The average molecular weight is 309 g/mol. The Morgan fingerprint density at radius 2 is 2.33 bits per heavy atom. The van der Waals surface area contributed by atoms with Crippen LogP contribution in [0.15, 0.2) is 11.4 Å². The molecular formula is C15H23N3O2S. The maximum Gasteiger partial charge on any atom is 0.261 e. The first-order valence-electron chi connectivity index (χ1n) is 7.42. The maximum atomic E-state index is 11.9. The van der Waals surface area contributed by atoms with Crippen LogP contribution in [-0.4, -0.2) is 42.9 Å². The molecular weight excluding hydrogens is 286 g/mol. The second-order valence-corrected chi connectivity index (χ2v) is 6.50. The van der Waals surface area contributed by atoms with Crippen molar-refractivity contribution in [1.82, 2.24) is 10.2 Å². The van der Waals surface area contributed by atoms with Gasteiger partial charge in [0.05, 0.1) is 10.8 Å². The van der Waals surface area contributed by atoms with E-state index in [-0.39, 0.29) is 17.7 Å². The molecule has 3 N–H and O–H groups in total. The maximum absolute atomic E-state index is 11.9. The third-order valence-corrected chi connectivity index (χ3v) is 4.93. The van der Waals surface area contributed by atoms with E-state index >= 15 is 0 Å². The van der Waals surface area contributed by atoms with Crippen LogP contribution < -0.4 is 11.1 Å². The van der Waals surface area contributed by atoms with Crippen molar-refractivity contribution in [2.75, 3.05) is 26.2 Å². The van der Waals surface area contributed by atoms with Crippen molar-refractivity contribution in [2.45, 2.75) is 26.2 Å². The van der Waals surface area contributed by atoms with Crippen LogP contribution in [0.4, 0.5) is 0 Å². The van der Waals surface area contributed by atoms with Crippen molar-refractivity contribution in [1.29, 1.82) is 0 Å². The molecule has 2 rings (SSSR count). The van der Waals surface area contributed by atoms with Gasteiger partial charge in [-0.05, 0) is 56.3 Å². The molecule has 1 aromatic heterocycles. The molecule has 0 radical (unpaired) electrons. The Morgan fingerprint density at radius 3 is 3.00 bits per heavy atom. The molecule has 1 aromatic rings. The summed E-state index contributed by atoms with van der Waals surface area (Å²) in [6, 6.07) is 1.96. The molecule has 0 aromatic carbocycles. The second-order valence-electron chi connectivity index (χ2n) is 5.58. The molecule has 0 unspecified atom stereocenters. The number of nitrogens with zero attached hydrogens (tertiary/aromatic N) is 1. The summed E-state index contributed by atoms with van der Waals surface area (Å²) in [6.45, 7) is 5.28. The smallest absolute Gasteiger partial charge is 0.261 e. The predicted molar refractivity (Wildman–Crippen MR) is 84.4 cm³/mol. The van der Waals surface area contributed by atoms with Gasteiger partial charge >= 0.3 is 0 Å². The van der Waals surface area contributed by atoms with Crippen molar-refractivity contribution < 1.29 is 9.59 Å². The lowest BCUT2D eigenvalue weighted by Gasteiger charge is -2.31. The van der Waals surface area contributed by atoms with Gasteiger partial charge in [0.1, 0.15) is 0 Å². The Balaban J connectivity index is 1.67. The van der Waals surface area contributed by atoms with Crippen LogP contribution in [0.1, 0.15) is 34.5 Å². The van der Waals surface area contributed by atoms with Gasteiger partial charge in [0, 0.05) is 13.1 Å². The van der Waals surface area contributed by atoms with Crippen LogP contribution in [-0.2, 0) is 4.79 Å². The fraction of sp³-hybridized carbons (Fsp3) is 0.600. The largest absolute Gasteiger partial charge is 0.369 e. The molecule has 1 saturated heterocycles. The first-order chi connectivity index (χ1) is 10.1. The lowest BCUT2D eigenvalue weighted by atomic mass is 9.97. The van der Waals surface area contributed by atoms with E-state index in [9.17, 15) is 9.59 Å². The number of carbonyl (C=O) groups is 2. The van der Waals surface area contributed by atoms with Crippen LogP contribution in [0.2, 0.25) is 0 Å². The first-order valence-corrected chi connectivity index (χ1v) is 8.30. The summed E-state index contributed by atoms with van der Waals surface area (Å²) in [4.78, 5) is 26.2. The Bertz CT molecular complexity index is 501. The molecule has 116 valence electrons. The minimum atomic E-state index is -0.193. The first kappa shape index (κ1) is 16.0. The number of nitrogens with two attached hydrogens (primary N) is 1. The van der Waals surface area contributed by atoms with E-state index in [0.29, 0.717) is 6.54 Å². The lowest BCUT2D eigenvalue weighted by molar-refractivity contribution is -0.123. The Kier molecular flexibility index (Phi) is 5.76. The number of rotatable bonds is 6. The third kappa shape index (κ3) is 4.54. The molecule has 6 heteroatoms. The average Bonchev–Trinajstić information content (AvgIpc) is 2.90. The Morgan fingerprint density at radius 1 is 1.52 bits per heavy atom. The molecule has 1 aliphatic heterocycles. The topological polar surface area (TPSA) is 75.4 Å². The molecule has 1 atom stereocenters. The lowest BCUT2D eigenvalue weighted by Crippen LogP contribution is -2.42. The van der Waals surface area contributed by atoms with Crippen LogP contribution in [0.25, 0.3) is 0 Å². The number of thiophene rings is 1. The summed E-state index contributed by atoms with van der Waals surface area (Å²) in [5, 5.41) is 4.89. The number of nitrogens with one attached hydrogen (secondary N) is 1. The van der Waals surface area contributed by atoms with Gasteiger partial charge in [-0.2, -0.15) is 0 Å². The summed E-state index contributed by atoms with van der Waals surface area (Å²) in [5.74, 6) is -0.195. The van der Waals surface area contributed by atoms with Crippen LogP contribution in [0.5, 0.6) is 0 Å². The second kappa shape index (κ2) is 7.56. The molecule has 0 spiro atoms. The summed E-state index contributed by atoms with van der Waals surface area (Å²) in [5.41, 5.74) is 6.40. The monoisotopic (exact) mass is 309 g/mol. The van der Waals surface area contributed by atoms with Gasteiger partial charge in [-0.1, -0.05) is 0 Å². The Hall–Kier alpha value is -1.40. The third-order valence-electron chi connectivity index (χ3n) is 3.91. The highest BCUT2D eigenvalue weighted by molar-refractivity contribution is 7.12. The zero-order valence-corrected chi connectivity index (χ0v) is 13.2. The molecule has 0 bridgehead atoms. The van der Waals surface area contributed by atoms with Crippen LogP contribution >= 0.6 is 11.3 Å². The molecule has 2 amide bonds. The predicted octanol–water partition coefficient (Wildman–Crippen LogP) is 1.37. The van der Waals surface area contributed by atoms with E-state index in [1.807, 2.05) is 18.4 Å². The van der Waals surface area contributed by atoms with Crippen molar-refractivity contribution in [3.05, 3.63) is 21.9 Å². The number of hydrogen-bond donors (Lipinski definition) is 2. The molecule has 5 nitrogen and oxygen atoms in total. The number of amides is 2. The molecule has 2 heterocycles. The standard InChI is InChI=1S/C15H23N3O2S/c1-11-5-9-21-13(11)15(20)17-6-3-8-18-7-2-4-12(10-18)14(16)19/h5,9,12H,2-4,6-8,10H2,1H3,(H2,16,19)(H,17,20)/t12-/m0/s1. The van der Waals surface area contributed by atoms with E-state index in [2.05, 4.69) is 10.2 Å². The van der Waals surface area contributed by atoms with Crippen molar-refractivity contribution >= 4 is 23.2 Å². The SMILES string of the molecule is Cc1ccsc1C(=O)NCCCN1CCC[C@H](C(N)=O)C1. The number of likely N-dealkylation sites (tertiary alicyclic amines) is 1. The van der Waals surface area contributed by atoms with Gasteiger partial charge in [-0.15, -0.1) is 11.3 Å². The fourth-order valence-corrected chi connectivity index (χ4v) is 3.52. The number of hydrogen-bond acceptors (Lipinski definition) is 4. The van der Waals surface area contributed by atoms with Gasteiger partial charge in [0.2, 0.25) is 5.91 Å². The van der Waals surface area contributed by atoms with Crippen molar-refractivity contribution in [2.24, 2.45) is 11.7 Å². The molecule has 0 aliphatic carbocycles. The zero-order valence-electron chi connectivity index (χ0n) is 12.4. The van der Waals surface area contributed by atoms with E-state index in [4.69, 9.17) is 5.73 Å². The summed E-state index contributed by atoms with van der Waals surface area (Å²) >= 11 is 1.47.